The number of aryl methyl sites for hydroxylation is 1. The molecule has 3 aliphatic heterocycles. The number of morpholine rings is 1. The molecule has 0 saturated carbocycles. The Hall–Kier alpha value is -1.92. The lowest BCUT2D eigenvalue weighted by atomic mass is 9.91. The van der Waals surface area contributed by atoms with Crippen LogP contribution < -0.4 is 0 Å². The van der Waals surface area contributed by atoms with Crippen LogP contribution in [-0.4, -0.2) is 84.5 Å². The number of hydrogen-bond donors (Lipinski definition) is 0. The van der Waals surface area contributed by atoms with Crippen LogP contribution in [0.3, 0.4) is 0 Å². The van der Waals surface area contributed by atoms with E-state index in [0.717, 1.165) is 64.8 Å². The summed E-state index contributed by atoms with van der Waals surface area (Å²) in [5, 5.41) is 0. The van der Waals surface area contributed by atoms with E-state index < -0.39 is 0 Å². The molecule has 33 heavy (non-hydrogen) atoms. The Morgan fingerprint density at radius 1 is 0.879 bits per heavy atom. The van der Waals surface area contributed by atoms with Crippen molar-refractivity contribution in [3.8, 4) is 0 Å². The van der Waals surface area contributed by atoms with E-state index in [4.69, 9.17) is 4.74 Å². The van der Waals surface area contributed by atoms with Gasteiger partial charge in [-0.15, -0.1) is 0 Å². The lowest BCUT2D eigenvalue weighted by Gasteiger charge is -2.40. The Bertz CT molecular complexity index is 760. The van der Waals surface area contributed by atoms with Crippen LogP contribution in [0.15, 0.2) is 30.3 Å². The summed E-state index contributed by atoms with van der Waals surface area (Å²) in [5.41, 5.74) is 1.21. The quantitative estimate of drug-likeness (QED) is 0.661. The van der Waals surface area contributed by atoms with Crippen LogP contribution in [0.25, 0.3) is 0 Å². The van der Waals surface area contributed by atoms with E-state index in [2.05, 4.69) is 35.8 Å². The average molecular weight is 456 g/mol. The van der Waals surface area contributed by atoms with Crippen molar-refractivity contribution in [3.63, 3.8) is 0 Å². The summed E-state index contributed by atoms with van der Waals surface area (Å²) in [6, 6.07) is 10.2. The largest absolute Gasteiger partial charge is 0.373 e. The van der Waals surface area contributed by atoms with Gasteiger partial charge in [0, 0.05) is 58.2 Å². The monoisotopic (exact) mass is 455 g/mol. The van der Waals surface area contributed by atoms with Crippen molar-refractivity contribution in [2.45, 2.75) is 64.6 Å². The number of ether oxygens (including phenoxy) is 1. The predicted molar refractivity (Wildman–Crippen MR) is 130 cm³/mol. The Balaban J connectivity index is 1.15. The van der Waals surface area contributed by atoms with Gasteiger partial charge in [0.05, 0.1) is 12.2 Å². The molecule has 0 spiro atoms. The first kappa shape index (κ1) is 24.2. The second-order valence-electron chi connectivity index (χ2n) is 10.4. The van der Waals surface area contributed by atoms with Gasteiger partial charge in [0.1, 0.15) is 0 Å². The zero-order valence-corrected chi connectivity index (χ0v) is 20.5. The van der Waals surface area contributed by atoms with E-state index in [1.54, 1.807) is 0 Å². The molecule has 2 unspecified atom stereocenters. The molecule has 1 aromatic carbocycles. The predicted octanol–water partition coefficient (Wildman–Crippen LogP) is 3.21. The highest BCUT2D eigenvalue weighted by Gasteiger charge is 2.33. The summed E-state index contributed by atoms with van der Waals surface area (Å²) in [6.07, 6.45) is 5.77. The maximum absolute atomic E-state index is 13.1. The van der Waals surface area contributed by atoms with E-state index >= 15 is 0 Å². The molecule has 3 saturated heterocycles. The third-order valence-electron chi connectivity index (χ3n) is 7.61. The van der Waals surface area contributed by atoms with Crippen LogP contribution in [-0.2, 0) is 20.7 Å². The molecule has 0 N–H and O–H groups in total. The normalized spacial score (nSPS) is 25.9. The number of hydrogen-bond acceptors (Lipinski definition) is 4. The molecule has 0 bridgehead atoms. The second-order valence-corrected chi connectivity index (χ2v) is 10.4. The van der Waals surface area contributed by atoms with Gasteiger partial charge in [0.15, 0.2) is 0 Å². The highest BCUT2D eigenvalue weighted by Crippen LogP contribution is 2.25. The molecule has 3 aliphatic rings. The zero-order chi connectivity index (χ0) is 23.2. The Morgan fingerprint density at radius 2 is 1.48 bits per heavy atom. The van der Waals surface area contributed by atoms with Gasteiger partial charge in [-0.1, -0.05) is 30.3 Å². The minimum absolute atomic E-state index is 0.0839. The first-order valence-electron chi connectivity index (χ1n) is 13.0. The number of carbonyl (C=O) groups is 2. The van der Waals surface area contributed by atoms with Crippen molar-refractivity contribution in [1.29, 1.82) is 0 Å². The van der Waals surface area contributed by atoms with Crippen LogP contribution in [0.5, 0.6) is 0 Å². The van der Waals surface area contributed by atoms with Crippen molar-refractivity contribution >= 4 is 11.8 Å². The van der Waals surface area contributed by atoms with Crippen LogP contribution in [0.1, 0.15) is 51.5 Å². The molecule has 0 aliphatic carbocycles. The number of rotatable bonds is 6. The van der Waals surface area contributed by atoms with Gasteiger partial charge >= 0.3 is 0 Å². The second kappa shape index (κ2) is 11.5. The summed E-state index contributed by atoms with van der Waals surface area (Å²) in [5.74, 6) is 1.30. The van der Waals surface area contributed by atoms with Crippen molar-refractivity contribution in [3.05, 3.63) is 35.9 Å². The minimum Gasteiger partial charge on any atom is -0.373 e. The van der Waals surface area contributed by atoms with Crippen LogP contribution in [0.4, 0.5) is 0 Å². The van der Waals surface area contributed by atoms with Crippen molar-refractivity contribution in [2.24, 2.45) is 11.8 Å². The maximum atomic E-state index is 13.1. The average Bonchev–Trinajstić information content (AvgIpc) is 2.83. The first-order chi connectivity index (χ1) is 16.0. The van der Waals surface area contributed by atoms with Gasteiger partial charge in [0.25, 0.3) is 0 Å². The molecular weight excluding hydrogens is 414 g/mol. The molecule has 6 heteroatoms. The summed E-state index contributed by atoms with van der Waals surface area (Å²) in [4.78, 5) is 32.3. The molecule has 6 nitrogen and oxygen atoms in total. The van der Waals surface area contributed by atoms with E-state index in [9.17, 15) is 9.59 Å². The van der Waals surface area contributed by atoms with Crippen LogP contribution in [0.2, 0.25) is 0 Å². The Labute approximate surface area is 199 Å². The van der Waals surface area contributed by atoms with Crippen LogP contribution in [0, 0.1) is 11.8 Å². The first-order valence-corrected chi connectivity index (χ1v) is 13.0. The van der Waals surface area contributed by atoms with Gasteiger partial charge in [-0.2, -0.15) is 0 Å². The topological polar surface area (TPSA) is 53.1 Å². The summed E-state index contributed by atoms with van der Waals surface area (Å²) >= 11 is 0. The maximum Gasteiger partial charge on any atom is 0.225 e. The molecule has 2 atom stereocenters. The number of nitrogens with zero attached hydrogens (tertiary/aromatic N) is 3. The summed E-state index contributed by atoms with van der Waals surface area (Å²) < 4.78 is 5.86. The van der Waals surface area contributed by atoms with Crippen LogP contribution >= 0.6 is 0 Å². The highest BCUT2D eigenvalue weighted by atomic mass is 16.5. The zero-order valence-electron chi connectivity index (χ0n) is 20.5. The number of piperidine rings is 2. The lowest BCUT2D eigenvalue weighted by molar-refractivity contribution is -0.142. The van der Waals surface area contributed by atoms with Crippen molar-refractivity contribution < 1.29 is 14.3 Å². The van der Waals surface area contributed by atoms with E-state index in [1.165, 1.54) is 5.56 Å². The summed E-state index contributed by atoms with van der Waals surface area (Å²) in [7, 11) is 0. The third kappa shape index (κ3) is 6.80. The highest BCUT2D eigenvalue weighted by molar-refractivity contribution is 5.80. The van der Waals surface area contributed by atoms with E-state index in [-0.39, 0.29) is 11.8 Å². The lowest BCUT2D eigenvalue weighted by Crippen LogP contribution is -2.50. The molecule has 3 heterocycles. The fourth-order valence-electron chi connectivity index (χ4n) is 5.82. The Morgan fingerprint density at radius 3 is 2.12 bits per heavy atom. The van der Waals surface area contributed by atoms with Gasteiger partial charge in [-0.25, -0.2) is 0 Å². The fourth-order valence-corrected chi connectivity index (χ4v) is 5.82. The van der Waals surface area contributed by atoms with Gasteiger partial charge in [-0.3, -0.25) is 14.5 Å². The third-order valence-corrected chi connectivity index (χ3v) is 7.61. The smallest absolute Gasteiger partial charge is 0.225 e. The van der Waals surface area contributed by atoms with Crippen molar-refractivity contribution in [2.75, 3.05) is 45.8 Å². The van der Waals surface area contributed by atoms with Gasteiger partial charge < -0.3 is 14.5 Å². The number of amides is 2. The molecule has 0 radical (unpaired) electrons. The summed E-state index contributed by atoms with van der Waals surface area (Å²) in [6.45, 7) is 10.7. The molecule has 0 aromatic heterocycles. The minimum atomic E-state index is 0.0839. The van der Waals surface area contributed by atoms with E-state index in [0.29, 0.717) is 43.5 Å². The Kier molecular flexibility index (Phi) is 8.42. The van der Waals surface area contributed by atoms with Crippen molar-refractivity contribution in [1.82, 2.24) is 14.7 Å². The molecule has 182 valence electrons. The molecule has 3 fully saturated rings. The molecule has 4 rings (SSSR count). The van der Waals surface area contributed by atoms with Gasteiger partial charge in [0.2, 0.25) is 11.8 Å². The molecular formula is C27H41N3O3. The van der Waals surface area contributed by atoms with E-state index in [1.807, 2.05) is 23.1 Å². The fraction of sp³-hybridized carbons (Fsp3) is 0.704. The molecule has 1 aromatic rings. The van der Waals surface area contributed by atoms with Gasteiger partial charge in [-0.05, 0) is 57.4 Å². The standard InChI is InChI=1S/C27H41N3O3/c1-21-18-28(19-22(2)33-21)20-24-10-14-30(15-11-24)27(32)25-12-16-29(17-13-25)26(31)9-8-23-6-4-3-5-7-23/h3-7,21-22,24-25H,8-20H2,1-2H3. The number of benzene rings is 1. The molecule has 2 amide bonds. The SMILES string of the molecule is CC1CN(CC2CCN(C(=O)C3CCN(C(=O)CCc4ccccc4)CC3)CC2)CC(C)O1. The number of carbonyl (C=O) groups excluding carboxylic acids is 2. The number of likely N-dealkylation sites (tertiary alicyclic amines) is 2.